The predicted octanol–water partition coefficient (Wildman–Crippen LogP) is 3.42. The third-order valence-corrected chi connectivity index (χ3v) is 3.65. The molecule has 5 heteroatoms. The van der Waals surface area contributed by atoms with E-state index in [1.165, 1.54) is 0 Å². The number of aromatic nitrogens is 2. The first kappa shape index (κ1) is 16.0. The van der Waals surface area contributed by atoms with Gasteiger partial charge >= 0.3 is 5.97 Å². The van der Waals surface area contributed by atoms with Crippen molar-refractivity contribution in [2.75, 3.05) is 12.4 Å². The first-order chi connectivity index (χ1) is 9.10. The maximum atomic E-state index is 11.8. The van der Waals surface area contributed by atoms with Gasteiger partial charge in [0, 0.05) is 6.20 Å². The minimum atomic E-state index is -0.334. The minimum Gasteiger partial charge on any atom is -0.462 e. The average Bonchev–Trinajstić information content (AvgIpc) is 2.39. The molecule has 0 atom stereocenters. The lowest BCUT2D eigenvalue weighted by Gasteiger charge is -2.11. The summed E-state index contributed by atoms with van der Waals surface area (Å²) in [7, 11) is 0. The molecule has 1 heterocycles. The van der Waals surface area contributed by atoms with Crippen LogP contribution < -0.4 is 0 Å². The highest BCUT2D eigenvalue weighted by Gasteiger charge is 2.17. The summed E-state index contributed by atoms with van der Waals surface area (Å²) < 4.78 is 5.03. The van der Waals surface area contributed by atoms with Crippen LogP contribution in [0.3, 0.4) is 0 Å². The minimum absolute atomic E-state index is 0.178. The summed E-state index contributed by atoms with van der Waals surface area (Å²) >= 11 is 1.81. The van der Waals surface area contributed by atoms with Gasteiger partial charge in [-0.05, 0) is 25.0 Å². The summed E-state index contributed by atoms with van der Waals surface area (Å²) in [6.45, 7) is 8.35. The van der Waals surface area contributed by atoms with Crippen LogP contribution >= 0.6 is 11.8 Å². The van der Waals surface area contributed by atoms with Crippen LogP contribution in [0.15, 0.2) is 6.20 Å². The van der Waals surface area contributed by atoms with E-state index in [1.54, 1.807) is 13.1 Å². The smallest absolute Gasteiger partial charge is 0.341 e. The van der Waals surface area contributed by atoms with Gasteiger partial charge in [-0.3, -0.25) is 0 Å². The molecule has 1 rings (SSSR count). The Balaban J connectivity index is 2.91. The van der Waals surface area contributed by atoms with Crippen LogP contribution in [0.1, 0.15) is 61.9 Å². The van der Waals surface area contributed by atoms with Crippen LogP contribution in [0.25, 0.3) is 0 Å². The molecule has 19 heavy (non-hydrogen) atoms. The van der Waals surface area contributed by atoms with E-state index in [1.807, 2.05) is 25.6 Å². The number of esters is 1. The first-order valence-electron chi connectivity index (χ1n) is 6.70. The number of thioether (sulfide) groups is 1. The third kappa shape index (κ3) is 4.82. The second kappa shape index (κ2) is 8.15. The monoisotopic (exact) mass is 282 g/mol. The molecule has 0 amide bonds. The fourth-order valence-corrected chi connectivity index (χ4v) is 2.37. The molecule has 0 unspecified atom stereocenters. The van der Waals surface area contributed by atoms with Gasteiger partial charge in [-0.25, -0.2) is 14.8 Å². The van der Waals surface area contributed by atoms with E-state index < -0.39 is 0 Å². The molecule has 4 nitrogen and oxygen atoms in total. The largest absolute Gasteiger partial charge is 0.462 e. The molecular formula is C14H22N2O2S. The van der Waals surface area contributed by atoms with Gasteiger partial charge in [-0.15, -0.1) is 0 Å². The lowest BCUT2D eigenvalue weighted by atomic mass is 10.1. The van der Waals surface area contributed by atoms with E-state index in [9.17, 15) is 4.79 Å². The number of hydrogen-bond donors (Lipinski definition) is 0. The summed E-state index contributed by atoms with van der Waals surface area (Å²) in [5.41, 5.74) is 1.27. The van der Waals surface area contributed by atoms with Crippen LogP contribution in [0, 0.1) is 0 Å². The molecule has 0 saturated heterocycles. The Morgan fingerprint density at radius 1 is 1.42 bits per heavy atom. The Labute approximate surface area is 119 Å². The first-order valence-corrected chi connectivity index (χ1v) is 7.86. The molecule has 0 aliphatic carbocycles. The zero-order valence-electron chi connectivity index (χ0n) is 12.1. The van der Waals surface area contributed by atoms with Crippen molar-refractivity contribution in [1.82, 2.24) is 9.97 Å². The molecule has 0 saturated carbocycles. The number of nitrogens with zero attached hydrogens (tertiary/aromatic N) is 2. The lowest BCUT2D eigenvalue weighted by molar-refractivity contribution is 0.0523. The van der Waals surface area contributed by atoms with E-state index in [2.05, 4.69) is 16.9 Å². The fourth-order valence-electron chi connectivity index (χ4n) is 1.62. The molecule has 0 bridgehead atoms. The second-order valence-electron chi connectivity index (χ2n) is 4.51. The Kier molecular flexibility index (Phi) is 6.84. The number of carbonyl (C=O) groups is 1. The van der Waals surface area contributed by atoms with Gasteiger partial charge in [-0.1, -0.05) is 20.8 Å². The predicted molar refractivity (Wildman–Crippen MR) is 78.5 cm³/mol. The van der Waals surface area contributed by atoms with Crippen molar-refractivity contribution in [2.24, 2.45) is 0 Å². The van der Waals surface area contributed by atoms with Crippen molar-refractivity contribution in [1.29, 1.82) is 0 Å². The summed E-state index contributed by atoms with van der Waals surface area (Å²) in [5, 5.41) is 0. The number of carbonyl (C=O) groups excluding carboxylic acids is 1. The summed E-state index contributed by atoms with van der Waals surface area (Å²) in [4.78, 5) is 20.6. The van der Waals surface area contributed by atoms with Crippen molar-refractivity contribution in [3.8, 4) is 0 Å². The second-order valence-corrected chi connectivity index (χ2v) is 5.62. The van der Waals surface area contributed by atoms with E-state index >= 15 is 0 Å². The number of hydrogen-bond acceptors (Lipinski definition) is 5. The Morgan fingerprint density at radius 2 is 2.16 bits per heavy atom. The zero-order chi connectivity index (χ0) is 14.3. The van der Waals surface area contributed by atoms with Gasteiger partial charge in [-0.2, -0.15) is 11.8 Å². The molecule has 0 aliphatic heterocycles. The normalized spacial score (nSPS) is 10.8. The SMILES string of the molecule is CCCSCc1ncc(C(=O)OCC)c(C(C)C)n1. The van der Waals surface area contributed by atoms with E-state index in [-0.39, 0.29) is 11.9 Å². The molecular weight excluding hydrogens is 260 g/mol. The van der Waals surface area contributed by atoms with Crippen LogP contribution in [0.2, 0.25) is 0 Å². The zero-order valence-corrected chi connectivity index (χ0v) is 12.9. The highest BCUT2D eigenvalue weighted by atomic mass is 32.2. The average molecular weight is 282 g/mol. The molecule has 0 aliphatic rings. The molecule has 0 radical (unpaired) electrons. The van der Waals surface area contributed by atoms with Gasteiger partial charge in [0.15, 0.2) is 0 Å². The van der Waals surface area contributed by atoms with Crippen molar-refractivity contribution in [3.63, 3.8) is 0 Å². The van der Waals surface area contributed by atoms with Gasteiger partial charge in [0.05, 0.1) is 23.6 Å². The van der Waals surface area contributed by atoms with Crippen molar-refractivity contribution in [2.45, 2.75) is 45.8 Å². The quantitative estimate of drug-likeness (QED) is 0.566. The Hall–Kier alpha value is -1.10. The number of ether oxygens (including phenoxy) is 1. The summed E-state index contributed by atoms with van der Waals surface area (Å²) in [6.07, 6.45) is 2.74. The van der Waals surface area contributed by atoms with E-state index in [0.29, 0.717) is 12.2 Å². The molecule has 0 fully saturated rings. The van der Waals surface area contributed by atoms with Crippen molar-refractivity contribution >= 4 is 17.7 Å². The highest BCUT2D eigenvalue weighted by molar-refractivity contribution is 7.98. The van der Waals surface area contributed by atoms with E-state index in [0.717, 1.165) is 29.4 Å². The van der Waals surface area contributed by atoms with Crippen LogP contribution in [0.4, 0.5) is 0 Å². The van der Waals surface area contributed by atoms with Crippen LogP contribution in [-0.4, -0.2) is 28.3 Å². The maximum absolute atomic E-state index is 11.8. The molecule has 106 valence electrons. The highest BCUT2D eigenvalue weighted by Crippen LogP contribution is 2.19. The molecule has 0 N–H and O–H groups in total. The standard InChI is InChI=1S/C14H22N2O2S/c1-5-7-19-9-12-15-8-11(14(17)18-6-2)13(16-12)10(3)4/h8,10H,5-7,9H2,1-4H3. The van der Waals surface area contributed by atoms with Gasteiger partial charge < -0.3 is 4.74 Å². The topological polar surface area (TPSA) is 52.1 Å². The molecule has 0 aromatic carbocycles. The van der Waals surface area contributed by atoms with Crippen molar-refractivity contribution < 1.29 is 9.53 Å². The van der Waals surface area contributed by atoms with Gasteiger partial charge in [0.25, 0.3) is 0 Å². The summed E-state index contributed by atoms with van der Waals surface area (Å²) in [6, 6.07) is 0. The lowest BCUT2D eigenvalue weighted by Crippen LogP contribution is -2.13. The molecule has 1 aromatic rings. The molecule has 1 aromatic heterocycles. The summed E-state index contributed by atoms with van der Waals surface area (Å²) in [5.74, 6) is 2.52. The van der Waals surface area contributed by atoms with Crippen LogP contribution in [0.5, 0.6) is 0 Å². The Morgan fingerprint density at radius 3 is 2.74 bits per heavy atom. The third-order valence-electron chi connectivity index (χ3n) is 2.49. The molecule has 0 spiro atoms. The van der Waals surface area contributed by atoms with Gasteiger partial charge in [0.2, 0.25) is 0 Å². The maximum Gasteiger partial charge on any atom is 0.341 e. The van der Waals surface area contributed by atoms with Crippen molar-refractivity contribution in [3.05, 3.63) is 23.3 Å². The Bertz CT molecular complexity index is 422. The number of rotatable bonds is 7. The fraction of sp³-hybridized carbons (Fsp3) is 0.643. The van der Waals surface area contributed by atoms with Crippen LogP contribution in [-0.2, 0) is 10.5 Å². The van der Waals surface area contributed by atoms with E-state index in [4.69, 9.17) is 4.74 Å². The van der Waals surface area contributed by atoms with Gasteiger partial charge in [0.1, 0.15) is 5.82 Å².